The van der Waals surface area contributed by atoms with Crippen LogP contribution in [-0.4, -0.2) is 13.4 Å². The van der Waals surface area contributed by atoms with Crippen LogP contribution in [0.15, 0.2) is 39.3 Å². The molecule has 0 amide bonds. The third-order valence-corrected chi connectivity index (χ3v) is 6.21. The molecule has 2 aromatic rings. The van der Waals surface area contributed by atoms with Gasteiger partial charge < -0.3 is 0 Å². The normalized spacial score (nSPS) is 18.8. The SMILES string of the molecule is O=S(=O)(NC1CCCc2sccc21)c1cncc(Br)c1. The van der Waals surface area contributed by atoms with Crippen LogP contribution in [0.3, 0.4) is 0 Å². The minimum absolute atomic E-state index is 0.131. The molecule has 0 aliphatic heterocycles. The zero-order chi connectivity index (χ0) is 14.2. The summed E-state index contributed by atoms with van der Waals surface area (Å²) in [6.45, 7) is 0. The van der Waals surface area contributed by atoms with Gasteiger partial charge in [-0.05, 0) is 58.3 Å². The average Bonchev–Trinajstić information content (AvgIpc) is 2.88. The van der Waals surface area contributed by atoms with E-state index >= 15 is 0 Å². The van der Waals surface area contributed by atoms with E-state index in [1.165, 1.54) is 11.1 Å². The molecule has 106 valence electrons. The zero-order valence-electron chi connectivity index (χ0n) is 10.5. The first kappa shape index (κ1) is 14.2. The predicted octanol–water partition coefficient (Wildman–Crippen LogP) is 3.26. The van der Waals surface area contributed by atoms with Crippen molar-refractivity contribution in [3.8, 4) is 0 Å². The largest absolute Gasteiger partial charge is 0.262 e. The topological polar surface area (TPSA) is 59.1 Å². The van der Waals surface area contributed by atoms with Gasteiger partial charge in [0.25, 0.3) is 0 Å². The summed E-state index contributed by atoms with van der Waals surface area (Å²) in [4.78, 5) is 5.39. The monoisotopic (exact) mass is 372 g/mol. The fourth-order valence-corrected chi connectivity index (χ4v) is 5.14. The fourth-order valence-electron chi connectivity index (χ4n) is 2.40. The maximum atomic E-state index is 12.4. The van der Waals surface area contributed by atoms with Crippen molar-refractivity contribution in [2.45, 2.75) is 30.2 Å². The Hall–Kier alpha value is -0.760. The minimum Gasteiger partial charge on any atom is -0.262 e. The highest BCUT2D eigenvalue weighted by atomic mass is 79.9. The average molecular weight is 373 g/mol. The highest BCUT2D eigenvalue weighted by Gasteiger charge is 2.26. The second-order valence-electron chi connectivity index (χ2n) is 4.70. The van der Waals surface area contributed by atoms with Gasteiger partial charge in [0.05, 0.1) is 0 Å². The van der Waals surface area contributed by atoms with Crippen LogP contribution in [0.2, 0.25) is 0 Å². The van der Waals surface area contributed by atoms with Crippen molar-refractivity contribution < 1.29 is 8.42 Å². The van der Waals surface area contributed by atoms with E-state index in [2.05, 4.69) is 25.6 Å². The first-order valence-electron chi connectivity index (χ1n) is 6.25. The molecule has 0 radical (unpaired) electrons. The Balaban J connectivity index is 1.89. The number of sulfonamides is 1. The minimum atomic E-state index is -3.54. The number of nitrogens with zero attached hydrogens (tertiary/aromatic N) is 1. The fraction of sp³-hybridized carbons (Fsp3) is 0.308. The Bertz CT molecular complexity index is 727. The Morgan fingerprint density at radius 2 is 2.25 bits per heavy atom. The lowest BCUT2D eigenvalue weighted by molar-refractivity contribution is 0.511. The molecular weight excluding hydrogens is 360 g/mol. The number of rotatable bonds is 3. The number of aryl methyl sites for hydroxylation is 1. The van der Waals surface area contributed by atoms with E-state index in [1.807, 2.05) is 11.4 Å². The molecule has 1 aliphatic rings. The lowest BCUT2D eigenvalue weighted by atomic mass is 9.95. The van der Waals surface area contributed by atoms with Crippen LogP contribution in [0.1, 0.15) is 29.3 Å². The smallest absolute Gasteiger partial charge is 0.242 e. The Kier molecular flexibility index (Phi) is 3.94. The van der Waals surface area contributed by atoms with Gasteiger partial charge >= 0.3 is 0 Å². The zero-order valence-corrected chi connectivity index (χ0v) is 13.8. The number of halogens is 1. The third-order valence-electron chi connectivity index (χ3n) is 3.34. The third kappa shape index (κ3) is 2.81. The van der Waals surface area contributed by atoms with E-state index in [4.69, 9.17) is 0 Å². The summed E-state index contributed by atoms with van der Waals surface area (Å²) in [5, 5.41) is 2.03. The summed E-state index contributed by atoms with van der Waals surface area (Å²) in [5.41, 5.74) is 1.12. The molecule has 1 unspecified atom stereocenters. The molecule has 20 heavy (non-hydrogen) atoms. The molecule has 0 spiro atoms. The molecular formula is C13H13BrN2O2S2. The quantitative estimate of drug-likeness (QED) is 0.899. The molecule has 0 fully saturated rings. The van der Waals surface area contributed by atoms with Crippen LogP contribution < -0.4 is 4.72 Å². The van der Waals surface area contributed by atoms with E-state index in [-0.39, 0.29) is 10.9 Å². The van der Waals surface area contributed by atoms with Gasteiger partial charge in [0.1, 0.15) is 4.90 Å². The van der Waals surface area contributed by atoms with Crippen molar-refractivity contribution in [3.63, 3.8) is 0 Å². The van der Waals surface area contributed by atoms with Crippen LogP contribution in [-0.2, 0) is 16.4 Å². The van der Waals surface area contributed by atoms with Crippen molar-refractivity contribution in [1.82, 2.24) is 9.71 Å². The molecule has 1 N–H and O–H groups in total. The Morgan fingerprint density at radius 3 is 3.05 bits per heavy atom. The lowest BCUT2D eigenvalue weighted by Crippen LogP contribution is -2.30. The van der Waals surface area contributed by atoms with E-state index in [0.717, 1.165) is 24.8 Å². The first-order chi connectivity index (χ1) is 9.56. The molecule has 1 aliphatic carbocycles. The van der Waals surface area contributed by atoms with Crippen LogP contribution in [0.5, 0.6) is 0 Å². The van der Waals surface area contributed by atoms with Gasteiger partial charge in [-0.3, -0.25) is 4.98 Å². The standard InChI is InChI=1S/C13H13BrN2O2S2/c14-9-6-10(8-15-7-9)20(17,18)16-12-2-1-3-13-11(12)4-5-19-13/h4-8,12,16H,1-3H2. The highest BCUT2D eigenvalue weighted by Crippen LogP contribution is 2.34. The first-order valence-corrected chi connectivity index (χ1v) is 9.41. The lowest BCUT2D eigenvalue weighted by Gasteiger charge is -2.23. The maximum Gasteiger partial charge on any atom is 0.242 e. The van der Waals surface area contributed by atoms with Gasteiger partial charge in [-0.1, -0.05) is 0 Å². The van der Waals surface area contributed by atoms with Gasteiger partial charge in [0.15, 0.2) is 0 Å². The summed E-state index contributed by atoms with van der Waals surface area (Å²) in [6, 6.07) is 3.45. The highest BCUT2D eigenvalue weighted by molar-refractivity contribution is 9.10. The van der Waals surface area contributed by atoms with Gasteiger partial charge in [-0.2, -0.15) is 0 Å². The molecule has 2 heterocycles. The van der Waals surface area contributed by atoms with Gasteiger partial charge in [-0.25, -0.2) is 13.1 Å². The molecule has 0 saturated heterocycles. The van der Waals surface area contributed by atoms with E-state index in [9.17, 15) is 8.42 Å². The van der Waals surface area contributed by atoms with Crippen molar-refractivity contribution in [2.75, 3.05) is 0 Å². The number of hydrogen-bond donors (Lipinski definition) is 1. The van der Waals surface area contributed by atoms with Gasteiger partial charge in [-0.15, -0.1) is 11.3 Å². The maximum absolute atomic E-state index is 12.4. The summed E-state index contributed by atoms with van der Waals surface area (Å²) in [6.07, 6.45) is 5.83. The number of nitrogens with one attached hydrogen (secondary N) is 1. The summed E-state index contributed by atoms with van der Waals surface area (Å²) in [7, 11) is -3.54. The van der Waals surface area contributed by atoms with Crippen molar-refractivity contribution in [1.29, 1.82) is 0 Å². The predicted molar refractivity (Wildman–Crippen MR) is 82.3 cm³/mol. The molecule has 0 saturated carbocycles. The number of fused-ring (bicyclic) bond motifs is 1. The molecule has 0 aromatic carbocycles. The second-order valence-corrected chi connectivity index (χ2v) is 8.33. The van der Waals surface area contributed by atoms with Crippen LogP contribution in [0.25, 0.3) is 0 Å². The van der Waals surface area contributed by atoms with Gasteiger partial charge in [0.2, 0.25) is 10.0 Å². The molecule has 0 bridgehead atoms. The summed E-state index contributed by atoms with van der Waals surface area (Å²) >= 11 is 4.95. The number of hydrogen-bond acceptors (Lipinski definition) is 4. The van der Waals surface area contributed by atoms with E-state index in [1.54, 1.807) is 23.6 Å². The van der Waals surface area contributed by atoms with Crippen molar-refractivity contribution in [2.24, 2.45) is 0 Å². The molecule has 2 aromatic heterocycles. The Labute approximate surface area is 130 Å². The summed E-state index contributed by atoms with van der Waals surface area (Å²) < 4.78 is 28.3. The number of thiophene rings is 1. The van der Waals surface area contributed by atoms with Gasteiger partial charge in [0, 0.05) is 27.8 Å². The number of pyridine rings is 1. The van der Waals surface area contributed by atoms with Crippen molar-refractivity contribution in [3.05, 3.63) is 44.8 Å². The van der Waals surface area contributed by atoms with Crippen LogP contribution in [0.4, 0.5) is 0 Å². The molecule has 4 nitrogen and oxygen atoms in total. The van der Waals surface area contributed by atoms with E-state index < -0.39 is 10.0 Å². The molecule has 1 atom stereocenters. The number of aromatic nitrogens is 1. The molecule has 7 heteroatoms. The van der Waals surface area contributed by atoms with Crippen LogP contribution in [0, 0.1) is 0 Å². The summed E-state index contributed by atoms with van der Waals surface area (Å²) in [5.74, 6) is 0. The second kappa shape index (κ2) is 5.55. The van der Waals surface area contributed by atoms with E-state index in [0.29, 0.717) is 4.47 Å². The Morgan fingerprint density at radius 1 is 1.40 bits per heavy atom. The van der Waals surface area contributed by atoms with Crippen molar-refractivity contribution >= 4 is 37.3 Å². The van der Waals surface area contributed by atoms with Crippen LogP contribution >= 0.6 is 27.3 Å². The molecule has 3 rings (SSSR count).